The highest BCUT2D eigenvalue weighted by Gasteiger charge is 2.38. The van der Waals surface area contributed by atoms with Gasteiger partial charge in [-0.2, -0.15) is 26.3 Å². The van der Waals surface area contributed by atoms with Crippen LogP contribution in [0, 0.1) is 68.5 Å². The summed E-state index contributed by atoms with van der Waals surface area (Å²) in [6, 6.07) is 138. The Morgan fingerprint density at radius 3 is 0.764 bits per heavy atom. The quantitative estimate of drug-likeness (QED) is 0.0767. The maximum absolute atomic E-state index is 15.3. The van der Waals surface area contributed by atoms with Crippen LogP contribution in [0.15, 0.2) is 413 Å². The van der Waals surface area contributed by atoms with Crippen molar-refractivity contribution in [2.75, 3.05) is 0 Å². The third-order valence-corrected chi connectivity index (χ3v) is 28.9. The van der Waals surface area contributed by atoms with Gasteiger partial charge in [0.15, 0.2) is 11.4 Å². The fourth-order valence-electron chi connectivity index (χ4n) is 22.2. The van der Waals surface area contributed by atoms with Crippen molar-refractivity contribution in [3.05, 3.63) is 491 Å². The lowest BCUT2D eigenvalue weighted by molar-refractivity contribution is -0.137. The molecule has 4 heterocycles. The van der Waals surface area contributed by atoms with Crippen molar-refractivity contribution in [2.24, 2.45) is 0 Å². The van der Waals surface area contributed by atoms with Gasteiger partial charge in [0.25, 0.3) is 0 Å². The van der Waals surface area contributed by atoms with Crippen LogP contribution in [0.3, 0.4) is 0 Å². The molecule has 0 atom stereocenters. The number of rotatable bonds is 14. The zero-order chi connectivity index (χ0) is 98.8. The number of alkyl halides is 6. The summed E-state index contributed by atoms with van der Waals surface area (Å²) in [5.74, 6) is 0. The molecule has 0 N–H and O–H groups in total. The van der Waals surface area contributed by atoms with Gasteiger partial charge in [0.05, 0.1) is 79.8 Å². The first-order valence-corrected chi connectivity index (χ1v) is 48.2. The molecule has 12 heteroatoms. The lowest BCUT2D eigenvalue weighted by Crippen LogP contribution is -2.08. The van der Waals surface area contributed by atoms with Crippen molar-refractivity contribution in [3.63, 3.8) is 0 Å². The molecule has 20 aromatic carbocycles. The molecule has 0 fully saturated rings. The Kier molecular flexibility index (Phi) is 22.4. The minimum absolute atomic E-state index is 0.0990. The average Bonchev–Trinajstić information content (AvgIpc) is 1.56. The third-order valence-electron chi connectivity index (χ3n) is 28.9. The van der Waals surface area contributed by atoms with E-state index in [-0.39, 0.29) is 11.1 Å². The van der Waals surface area contributed by atoms with E-state index in [1.165, 1.54) is 23.3 Å². The number of benzene rings is 20. The summed E-state index contributed by atoms with van der Waals surface area (Å²) in [5, 5.41) is 8.29. The van der Waals surface area contributed by atoms with Gasteiger partial charge in [0, 0.05) is 65.6 Å². The number of hydrogen-bond acceptors (Lipinski definition) is 0. The largest absolute Gasteiger partial charge is 0.417 e. The van der Waals surface area contributed by atoms with E-state index in [0.717, 1.165) is 211 Å². The van der Waals surface area contributed by atoms with Crippen LogP contribution in [0.25, 0.3) is 231 Å². The second kappa shape index (κ2) is 35.8. The Balaban J connectivity index is 0.000000162. The van der Waals surface area contributed by atoms with Gasteiger partial charge >= 0.3 is 12.4 Å². The molecule has 0 unspecified atom stereocenters. The lowest BCUT2D eigenvalue weighted by Gasteiger charge is -2.22. The molecule has 24 aromatic rings. The van der Waals surface area contributed by atoms with Gasteiger partial charge in [0.2, 0.25) is 0 Å². The average molecular weight is 1880 g/mol. The molecular weight excluding hydrogens is 1780 g/mol. The summed E-state index contributed by atoms with van der Waals surface area (Å²) in [6.45, 7) is 33.8. The summed E-state index contributed by atoms with van der Waals surface area (Å²) >= 11 is 0. The van der Waals surface area contributed by atoms with Crippen LogP contribution in [0.1, 0.15) is 55.6 Å². The summed E-state index contributed by atoms with van der Waals surface area (Å²) in [4.78, 5) is 8.45. The Bertz CT molecular complexity index is 9310. The van der Waals surface area contributed by atoms with Crippen LogP contribution in [0.5, 0.6) is 0 Å². The van der Waals surface area contributed by atoms with E-state index in [4.69, 9.17) is 13.1 Å². The first-order valence-electron chi connectivity index (χ1n) is 48.2. The molecule has 0 saturated carbocycles. The molecule has 144 heavy (non-hydrogen) atoms. The Labute approximate surface area is 830 Å². The fourth-order valence-corrected chi connectivity index (χ4v) is 22.2. The van der Waals surface area contributed by atoms with Gasteiger partial charge in [-0.1, -0.05) is 290 Å². The van der Waals surface area contributed by atoms with Crippen molar-refractivity contribution in [1.82, 2.24) is 18.3 Å². The molecule has 6 nitrogen and oxygen atoms in total. The summed E-state index contributed by atoms with van der Waals surface area (Å²) < 4.78 is 99.6. The van der Waals surface area contributed by atoms with Gasteiger partial charge < -0.3 is 18.3 Å². The molecule has 0 bridgehead atoms. The van der Waals surface area contributed by atoms with Gasteiger partial charge in [0.1, 0.15) is 0 Å². The van der Waals surface area contributed by atoms with E-state index in [0.29, 0.717) is 55.9 Å². The second-order valence-corrected chi connectivity index (χ2v) is 37.8. The Hall–Kier alpha value is -17.8. The van der Waals surface area contributed by atoms with Crippen LogP contribution in [-0.4, -0.2) is 18.3 Å². The summed E-state index contributed by atoms with van der Waals surface area (Å²) in [5.41, 5.74) is 34.4. The SMILES string of the molecule is [C-]#[N+]c1cccc(-n2c3ccc(-c4ccccc4C)cc3c3cc(-c4ccccc4C)ccc32)c1-c1cc(-c2c(C)cccc2C(F)(F)F)ccc1-n1c2ccc(-c3ccccc3C)cc2c2cc(-c3ccccc3C)ccc21.[C-]#[N+]c1cccc(-n2c3ccccc3c3cc(-c4cccc(C)c4)ccc32)c1-c1cc(-c2c(C)cccc2C(F)(F)F)ccc1-n1c2ccccc2c2cc(-c3cccc(C)c3)ccc21. The molecule has 24 rings (SSSR count). The zero-order valence-electron chi connectivity index (χ0n) is 80.2. The highest BCUT2D eigenvalue weighted by Crippen LogP contribution is 2.53. The molecule has 4 aromatic heterocycles. The number of aryl methyl sites for hydroxylation is 8. The smallest absolute Gasteiger partial charge is 0.310 e. The van der Waals surface area contributed by atoms with E-state index < -0.39 is 23.5 Å². The van der Waals surface area contributed by atoms with Crippen molar-refractivity contribution >= 4 is 98.6 Å². The number of halogens is 6. The maximum Gasteiger partial charge on any atom is 0.417 e. The van der Waals surface area contributed by atoms with Crippen LogP contribution in [-0.2, 0) is 12.4 Å². The van der Waals surface area contributed by atoms with Crippen LogP contribution in [0.2, 0.25) is 0 Å². The first-order chi connectivity index (χ1) is 69.9. The Morgan fingerprint density at radius 2 is 0.444 bits per heavy atom. The zero-order valence-corrected chi connectivity index (χ0v) is 80.2. The number of nitrogens with zero attached hydrogens (tertiary/aromatic N) is 6. The van der Waals surface area contributed by atoms with Gasteiger partial charge in [-0.3, -0.25) is 0 Å². The number of fused-ring (bicyclic) bond motifs is 12. The van der Waals surface area contributed by atoms with E-state index in [1.54, 1.807) is 38.1 Å². The molecule has 692 valence electrons. The lowest BCUT2D eigenvalue weighted by atomic mass is 9.90. The highest BCUT2D eigenvalue weighted by molar-refractivity contribution is 6.17. The monoisotopic (exact) mass is 1870 g/mol. The van der Waals surface area contributed by atoms with Crippen molar-refractivity contribution < 1.29 is 26.3 Å². The molecule has 0 aliphatic rings. The van der Waals surface area contributed by atoms with Crippen molar-refractivity contribution in [2.45, 2.75) is 67.7 Å². The first kappa shape index (κ1) is 90.0. The van der Waals surface area contributed by atoms with E-state index in [9.17, 15) is 13.2 Å². The molecule has 0 radical (unpaired) electrons. The second-order valence-electron chi connectivity index (χ2n) is 37.8. The number of para-hydroxylation sites is 2. The summed E-state index contributed by atoms with van der Waals surface area (Å²) in [7, 11) is 0. The minimum Gasteiger partial charge on any atom is -0.310 e. The fraction of sp³-hybridized carbons (Fsp3) is 0.0758. The minimum atomic E-state index is -4.63. The van der Waals surface area contributed by atoms with Gasteiger partial charge in [-0.05, 0) is 322 Å². The molecular formula is C132H92F6N6. The summed E-state index contributed by atoms with van der Waals surface area (Å²) in [6.07, 6.45) is -9.23. The standard InChI is InChI=1S/C73H52F3N3.C59H40F3N3/c1-44-17-7-11-22-54(44)49-29-34-65-58(39-49)59-40-50(55-23-12-8-18-45(55)2)30-35-66(59)78(65)69-38-33-53(71-48(5)21-15-26-63(71)73(74,75)76)43-62(69)72-64(77-6)27-16-28-70(72)79-67-36-31-51(56-24-13-9-19-46(56)3)41-60(67)61-42-52(32-37-68(61)79)57-25-14-10-20-47(57)4;1-36-13-9-16-39(31-36)41-25-28-53-46(33-41)44-18-5-7-22-51(44)64(53)55-30-27-43(57-38(3)15-11-20-49(57)59(60,61)62)35-48(55)58-50(63-4)21-12-24-56(58)65-52-23-8-6-19-45(52)47-34-42(26-29-54(47)65)40-17-10-14-37(2)32-40/h7-43H,1-5H3;5-35H,1-3H3. The van der Waals surface area contributed by atoms with Crippen molar-refractivity contribution in [1.29, 1.82) is 0 Å². The Morgan fingerprint density at radius 1 is 0.188 bits per heavy atom. The van der Waals surface area contributed by atoms with Gasteiger partial charge in [-0.15, -0.1) is 0 Å². The van der Waals surface area contributed by atoms with E-state index in [2.05, 4.69) is 349 Å². The highest BCUT2D eigenvalue weighted by atomic mass is 19.4. The van der Waals surface area contributed by atoms with Crippen LogP contribution < -0.4 is 0 Å². The molecule has 0 aliphatic heterocycles. The van der Waals surface area contributed by atoms with Crippen molar-refractivity contribution in [3.8, 4) is 134 Å². The third kappa shape index (κ3) is 15.5. The predicted octanol–water partition coefficient (Wildman–Crippen LogP) is 38.0. The number of aromatic nitrogens is 4. The van der Waals surface area contributed by atoms with Crippen LogP contribution in [0.4, 0.5) is 37.7 Å². The van der Waals surface area contributed by atoms with Crippen LogP contribution >= 0.6 is 0 Å². The molecule has 0 amide bonds. The maximum atomic E-state index is 15.3. The molecule has 0 aliphatic carbocycles. The topological polar surface area (TPSA) is 28.4 Å². The number of hydrogen-bond donors (Lipinski definition) is 0. The predicted molar refractivity (Wildman–Crippen MR) is 585 cm³/mol. The molecule has 0 spiro atoms. The van der Waals surface area contributed by atoms with Gasteiger partial charge in [-0.25, -0.2) is 9.69 Å². The normalized spacial score (nSPS) is 11.8. The van der Waals surface area contributed by atoms with E-state index >= 15 is 13.2 Å². The molecule has 0 saturated heterocycles. The van der Waals surface area contributed by atoms with E-state index in [1.807, 2.05) is 84.9 Å².